The average molecular weight is 1890 g/mol. The number of halogens is 5. The van der Waals surface area contributed by atoms with E-state index in [0.29, 0.717) is 105 Å². The summed E-state index contributed by atoms with van der Waals surface area (Å²) in [6, 6.07) is 64.5. The van der Waals surface area contributed by atoms with E-state index in [9.17, 15) is 55.5 Å². The number of thiophene rings is 5. The first-order valence-corrected chi connectivity index (χ1v) is 44.5. The minimum atomic E-state index is -0.386. The van der Waals surface area contributed by atoms with Gasteiger partial charge in [0.1, 0.15) is 77.6 Å². The minimum Gasteiger partial charge on any atom is -0.397 e. The fourth-order valence-electron chi connectivity index (χ4n) is 12.9. The van der Waals surface area contributed by atoms with Gasteiger partial charge in [-0.15, -0.1) is 56.7 Å². The molecule has 0 bridgehead atoms. The Labute approximate surface area is 786 Å². The summed E-state index contributed by atoms with van der Waals surface area (Å²) in [6.45, 7) is 0. The lowest BCUT2D eigenvalue weighted by Gasteiger charge is -2.00. The summed E-state index contributed by atoms with van der Waals surface area (Å²) >= 11 is 6.20. The number of fused-ring (bicyclic) bond motifs is 5. The third kappa shape index (κ3) is 22.7. The molecule has 0 aliphatic heterocycles. The molecule has 0 aliphatic rings. The predicted octanol–water partition coefficient (Wildman–Crippen LogP) is 21.0. The van der Waals surface area contributed by atoms with Crippen LogP contribution in [-0.2, 0) is 9.59 Å². The van der Waals surface area contributed by atoms with Crippen LogP contribution in [0.4, 0.5) is 50.4 Å². The minimum absolute atomic E-state index is 0.233. The van der Waals surface area contributed by atoms with Gasteiger partial charge in [0.2, 0.25) is 41.7 Å². The highest BCUT2D eigenvalue weighted by Gasteiger charge is 2.26. The molecule has 0 fully saturated rings. The Morgan fingerprint density at radius 1 is 0.252 bits per heavy atom. The van der Waals surface area contributed by atoms with Crippen molar-refractivity contribution in [3.63, 3.8) is 0 Å². The van der Waals surface area contributed by atoms with Gasteiger partial charge in [-0.3, -0.25) is 58.5 Å². The molecule has 0 saturated heterocycles. The lowest BCUT2D eigenvalue weighted by Crippen LogP contribution is -2.06. The third-order valence-corrected chi connectivity index (χ3v) is 25.3. The molecule has 135 heavy (non-hydrogen) atoms. The Morgan fingerprint density at radius 3 is 0.541 bits per heavy atom. The monoisotopic (exact) mass is 1890 g/mol. The molecule has 0 radical (unpaired) electrons. The number of ketones is 5. The summed E-state index contributed by atoms with van der Waals surface area (Å²) < 4.78 is 65.3. The zero-order chi connectivity index (χ0) is 95.5. The van der Waals surface area contributed by atoms with Gasteiger partial charge in [0, 0.05) is 173 Å². The van der Waals surface area contributed by atoms with Crippen molar-refractivity contribution >= 4 is 178 Å². The average Bonchev–Trinajstić information content (AvgIpc) is 1.65. The molecule has 5 aromatic carbocycles. The fraction of sp³-hybridized carbons (Fsp3) is 0.0396. The van der Waals surface area contributed by atoms with Crippen LogP contribution < -0.4 is 28.7 Å². The van der Waals surface area contributed by atoms with Crippen LogP contribution in [0.2, 0.25) is 0 Å². The number of carbonyl (C=O) groups is 7. The first-order valence-electron chi connectivity index (χ1n) is 40.4. The second kappa shape index (κ2) is 43.4. The normalized spacial score (nSPS) is 10.6. The van der Waals surface area contributed by atoms with Gasteiger partial charge >= 0.3 is 0 Å². The number of nitrogens with zero attached hydrogens (tertiary/aromatic N) is 12. The van der Waals surface area contributed by atoms with Gasteiger partial charge in [0.15, 0.2) is 0 Å². The first-order chi connectivity index (χ1) is 65.2. The van der Waals surface area contributed by atoms with Crippen LogP contribution in [0.3, 0.4) is 0 Å². The van der Waals surface area contributed by atoms with Gasteiger partial charge in [-0.1, -0.05) is 0 Å². The van der Waals surface area contributed by atoms with Crippen LogP contribution in [0.5, 0.6) is 0 Å². The summed E-state index contributed by atoms with van der Waals surface area (Å²) in [7, 11) is 6.75. The maximum Gasteiger partial charge on any atom is 0.209 e. The summed E-state index contributed by atoms with van der Waals surface area (Å²) in [4.78, 5) is 134. The van der Waals surface area contributed by atoms with E-state index in [2.05, 4.69) is 49.8 Å². The molecule has 0 atom stereocenters. The van der Waals surface area contributed by atoms with Crippen LogP contribution in [0, 0.1) is 29.1 Å². The van der Waals surface area contributed by atoms with Gasteiger partial charge in [-0.2, -0.15) is 0 Å². The molecular formula is C101H74F5N17O7S5. The van der Waals surface area contributed by atoms with Gasteiger partial charge in [-0.25, -0.2) is 46.9 Å². The van der Waals surface area contributed by atoms with Crippen molar-refractivity contribution in [3.8, 4) is 56.3 Å². The van der Waals surface area contributed by atoms with Crippen molar-refractivity contribution < 1.29 is 55.5 Å². The van der Waals surface area contributed by atoms with Crippen molar-refractivity contribution in [2.75, 3.05) is 56.9 Å². The Kier molecular flexibility index (Phi) is 30.4. The zero-order valence-electron chi connectivity index (χ0n) is 71.6. The molecule has 34 heteroatoms. The Balaban J connectivity index is 0.000000132. The number of hydrogen-bond acceptors (Lipinski definition) is 27. The highest BCUT2D eigenvalue weighted by molar-refractivity contribution is 7.23. The first kappa shape index (κ1) is 94.5. The van der Waals surface area contributed by atoms with Crippen LogP contribution in [0.1, 0.15) is 76.2 Å². The molecule has 0 spiro atoms. The number of rotatable bonds is 17. The summed E-state index contributed by atoms with van der Waals surface area (Å²) in [5.74, 6) is -3.09. The molecule has 0 unspecified atom stereocenters. The van der Waals surface area contributed by atoms with Gasteiger partial charge in [0.05, 0.1) is 56.9 Å². The summed E-state index contributed by atoms with van der Waals surface area (Å²) in [6.07, 6.45) is 18.7. The lowest BCUT2D eigenvalue weighted by atomic mass is 10.1. The lowest BCUT2D eigenvalue weighted by molar-refractivity contribution is -0.116. The van der Waals surface area contributed by atoms with Crippen LogP contribution >= 0.6 is 56.7 Å². The van der Waals surface area contributed by atoms with Crippen LogP contribution in [0.15, 0.2) is 305 Å². The molecule has 15 aromatic heterocycles. The Hall–Kier alpha value is -16.7. The number of carbonyl (C=O) groups excluding carboxylic acids is 7. The van der Waals surface area contributed by atoms with Crippen molar-refractivity contribution in [1.82, 2.24) is 59.6 Å². The van der Waals surface area contributed by atoms with Gasteiger partial charge < -0.3 is 38.5 Å². The van der Waals surface area contributed by atoms with E-state index >= 15 is 0 Å². The maximum atomic E-state index is 13.1. The molecule has 20 rings (SSSR count). The molecule has 670 valence electrons. The fourth-order valence-corrected chi connectivity index (χ4v) is 18.1. The zero-order valence-corrected chi connectivity index (χ0v) is 75.6. The number of benzene rings is 5. The van der Waals surface area contributed by atoms with E-state index in [1.165, 1.54) is 188 Å². The molecule has 20 aromatic rings. The van der Waals surface area contributed by atoms with Crippen molar-refractivity contribution in [2.24, 2.45) is 0 Å². The van der Waals surface area contributed by atoms with Gasteiger partial charge in [0.25, 0.3) is 0 Å². The number of aromatic nitrogens is 10. The third-order valence-electron chi connectivity index (χ3n) is 19.7. The van der Waals surface area contributed by atoms with E-state index < -0.39 is 0 Å². The molecule has 0 aliphatic carbocycles. The molecule has 15 heterocycles. The molecule has 2 amide bonds. The molecule has 10 N–H and O–H groups in total. The van der Waals surface area contributed by atoms with E-state index in [1.807, 2.05) is 121 Å². The SMILES string of the molecule is CN(C)C=O.CN(C)C=O.Nc1c(C(=O)c2ccc(F)cc2)sc2nc(-c3cccnc3)ccc12.Nc1c(C(=O)c2ccc(F)cc2)sc2nc(-c3cccnc3)ccc12.Nc1c(C(=O)c2ccc(F)cc2)sc2nc(-c3cccnc3)ccc12.Nc1c(C(=O)c2ccc(F)cc2)sc2nc(-c3cccnc3)ccc12.Nc1c(C(=O)c2ccc(F)cc2)sc2nc(-c3cccnc3)ccc12. The summed E-state index contributed by atoms with van der Waals surface area (Å²) in [5.41, 5.74) is 43.1. The van der Waals surface area contributed by atoms with E-state index in [1.54, 1.807) is 90.2 Å². The Morgan fingerprint density at radius 2 is 0.407 bits per heavy atom. The topological polar surface area (TPSA) is 385 Å². The number of nitrogen functional groups attached to an aromatic ring is 5. The predicted molar refractivity (Wildman–Crippen MR) is 525 cm³/mol. The largest absolute Gasteiger partial charge is 0.397 e. The van der Waals surface area contributed by atoms with Crippen molar-refractivity contribution in [3.05, 3.63) is 386 Å². The van der Waals surface area contributed by atoms with Crippen LogP contribution in [-0.4, -0.2) is 130 Å². The van der Waals surface area contributed by atoms with Gasteiger partial charge in [-0.05, 0) is 243 Å². The number of pyridine rings is 10. The molecule has 0 saturated carbocycles. The number of amides is 2. The highest BCUT2D eigenvalue weighted by atomic mass is 32.1. The molecular weight excluding hydrogens is 1820 g/mol. The second-order valence-electron chi connectivity index (χ2n) is 29.5. The second-order valence-corrected chi connectivity index (χ2v) is 34.5. The van der Waals surface area contributed by atoms with Crippen molar-refractivity contribution in [1.29, 1.82) is 0 Å². The van der Waals surface area contributed by atoms with E-state index in [-0.39, 0.29) is 58.0 Å². The smallest absolute Gasteiger partial charge is 0.209 e. The van der Waals surface area contributed by atoms with Crippen molar-refractivity contribution in [2.45, 2.75) is 0 Å². The number of anilines is 5. The number of hydrogen-bond donors (Lipinski definition) is 5. The Bertz CT molecular complexity index is 6650. The van der Waals surface area contributed by atoms with E-state index in [0.717, 1.165) is 96.0 Å². The maximum absolute atomic E-state index is 13.1. The van der Waals surface area contributed by atoms with E-state index in [4.69, 9.17) is 28.7 Å². The highest BCUT2D eigenvalue weighted by Crippen LogP contribution is 2.42. The summed E-state index contributed by atoms with van der Waals surface area (Å²) in [5, 5.41) is 3.69. The quantitative estimate of drug-likeness (QED) is 0.0321. The van der Waals surface area contributed by atoms with Crippen LogP contribution in [0.25, 0.3) is 107 Å². The number of nitrogens with two attached hydrogens (primary N) is 5. The standard InChI is InChI=1S/5C19H12FN3OS.2C3H7NO/c5*20-13-5-3-11(4-6-13)17(24)18-16(21)14-7-8-15(23-19(14)25-18)12-2-1-9-22-10-12;2*1-4(2)3-5/h5*1-10H,21H2;2*3H,1-2H3. The molecule has 24 nitrogen and oxygen atoms in total.